The molecule has 0 fully saturated rings. The van der Waals surface area contributed by atoms with Crippen LogP contribution in [0.3, 0.4) is 0 Å². The van der Waals surface area contributed by atoms with E-state index in [2.05, 4.69) is 5.32 Å². The topological polar surface area (TPSA) is 32.3 Å². The molecule has 0 saturated heterocycles. The van der Waals surface area contributed by atoms with Crippen molar-refractivity contribution in [2.75, 3.05) is 19.6 Å². The van der Waals surface area contributed by atoms with Crippen LogP contribution in [0, 0.1) is 11.7 Å². The molecule has 106 valence electrons. The van der Waals surface area contributed by atoms with Gasteiger partial charge < -0.3 is 10.2 Å². The Morgan fingerprint density at radius 3 is 2.74 bits per heavy atom. The summed E-state index contributed by atoms with van der Waals surface area (Å²) in [4.78, 5) is 14.0. The highest BCUT2D eigenvalue weighted by Gasteiger charge is 2.19. The molecular weight excluding hydrogens is 243 g/mol. The van der Waals surface area contributed by atoms with Crippen molar-refractivity contribution >= 4 is 5.91 Å². The SMILES string of the molecule is CCNCC(C)C(=O)N(CC)Cc1cccc(F)c1. The van der Waals surface area contributed by atoms with Crippen LogP contribution in [0.2, 0.25) is 0 Å². The van der Waals surface area contributed by atoms with E-state index < -0.39 is 0 Å². The number of carbonyl (C=O) groups is 1. The fourth-order valence-electron chi connectivity index (χ4n) is 1.96. The Bertz CT molecular complexity index is 409. The second-order valence-electron chi connectivity index (χ2n) is 4.69. The number of nitrogens with one attached hydrogen (secondary N) is 1. The summed E-state index contributed by atoms with van der Waals surface area (Å²) in [6.45, 7) is 8.50. The molecule has 1 N–H and O–H groups in total. The van der Waals surface area contributed by atoms with Crippen LogP contribution in [-0.4, -0.2) is 30.4 Å². The number of carbonyl (C=O) groups excluding carboxylic acids is 1. The molecule has 0 aliphatic carbocycles. The zero-order valence-corrected chi connectivity index (χ0v) is 11.9. The minimum atomic E-state index is -0.262. The normalized spacial score (nSPS) is 12.2. The van der Waals surface area contributed by atoms with E-state index in [1.807, 2.05) is 26.8 Å². The summed E-state index contributed by atoms with van der Waals surface area (Å²) in [5.74, 6) is -0.220. The summed E-state index contributed by atoms with van der Waals surface area (Å²) in [6.07, 6.45) is 0. The van der Waals surface area contributed by atoms with Gasteiger partial charge in [0.15, 0.2) is 0 Å². The first kappa shape index (κ1) is 15.6. The number of nitrogens with zero attached hydrogens (tertiary/aromatic N) is 1. The first-order valence-electron chi connectivity index (χ1n) is 6.82. The van der Waals surface area contributed by atoms with E-state index in [9.17, 15) is 9.18 Å². The van der Waals surface area contributed by atoms with E-state index in [4.69, 9.17) is 0 Å². The van der Waals surface area contributed by atoms with Crippen molar-refractivity contribution in [1.82, 2.24) is 10.2 Å². The van der Waals surface area contributed by atoms with Crippen molar-refractivity contribution in [3.63, 3.8) is 0 Å². The third kappa shape index (κ3) is 4.99. The highest BCUT2D eigenvalue weighted by molar-refractivity contribution is 5.78. The summed E-state index contributed by atoms with van der Waals surface area (Å²) in [5.41, 5.74) is 0.825. The maximum absolute atomic E-state index is 13.1. The Labute approximate surface area is 114 Å². The van der Waals surface area contributed by atoms with E-state index in [1.54, 1.807) is 11.0 Å². The van der Waals surface area contributed by atoms with Crippen LogP contribution in [0.15, 0.2) is 24.3 Å². The van der Waals surface area contributed by atoms with E-state index in [-0.39, 0.29) is 17.6 Å². The molecule has 1 rings (SSSR count). The third-order valence-electron chi connectivity index (χ3n) is 3.08. The lowest BCUT2D eigenvalue weighted by Crippen LogP contribution is -2.38. The van der Waals surface area contributed by atoms with Crippen molar-refractivity contribution < 1.29 is 9.18 Å². The Morgan fingerprint density at radius 1 is 1.42 bits per heavy atom. The molecule has 0 saturated carbocycles. The molecule has 3 nitrogen and oxygen atoms in total. The predicted octanol–water partition coefficient (Wildman–Crippen LogP) is 2.42. The molecule has 1 aromatic carbocycles. The second kappa shape index (κ2) is 7.89. The van der Waals surface area contributed by atoms with Crippen molar-refractivity contribution in [3.8, 4) is 0 Å². The fourth-order valence-corrected chi connectivity index (χ4v) is 1.96. The minimum Gasteiger partial charge on any atom is -0.338 e. The van der Waals surface area contributed by atoms with Gasteiger partial charge in [-0.2, -0.15) is 0 Å². The maximum atomic E-state index is 13.1. The van der Waals surface area contributed by atoms with Crippen LogP contribution < -0.4 is 5.32 Å². The highest BCUT2D eigenvalue weighted by Crippen LogP contribution is 2.10. The summed E-state index contributed by atoms with van der Waals surface area (Å²) < 4.78 is 13.1. The molecule has 1 aromatic rings. The summed E-state index contributed by atoms with van der Waals surface area (Å²) in [7, 11) is 0. The molecule has 0 aliphatic rings. The summed E-state index contributed by atoms with van der Waals surface area (Å²) in [5, 5.41) is 3.17. The number of halogens is 1. The van der Waals surface area contributed by atoms with Gasteiger partial charge in [-0.25, -0.2) is 4.39 Å². The van der Waals surface area contributed by atoms with Crippen LogP contribution >= 0.6 is 0 Å². The Morgan fingerprint density at radius 2 is 2.16 bits per heavy atom. The molecule has 0 radical (unpaired) electrons. The number of amides is 1. The van der Waals surface area contributed by atoms with Crippen molar-refractivity contribution in [2.45, 2.75) is 27.3 Å². The predicted molar refractivity (Wildman–Crippen MR) is 75.2 cm³/mol. The van der Waals surface area contributed by atoms with Gasteiger partial charge in [-0.15, -0.1) is 0 Å². The quantitative estimate of drug-likeness (QED) is 0.822. The van der Waals surface area contributed by atoms with Crippen LogP contribution in [0.5, 0.6) is 0 Å². The van der Waals surface area contributed by atoms with E-state index in [1.165, 1.54) is 12.1 Å². The molecule has 19 heavy (non-hydrogen) atoms. The van der Waals surface area contributed by atoms with Crippen LogP contribution in [0.1, 0.15) is 26.3 Å². The molecule has 0 aliphatic heterocycles. The van der Waals surface area contributed by atoms with Crippen molar-refractivity contribution in [2.24, 2.45) is 5.92 Å². The third-order valence-corrected chi connectivity index (χ3v) is 3.08. The molecular formula is C15H23FN2O. The number of benzene rings is 1. The monoisotopic (exact) mass is 266 g/mol. The van der Waals surface area contributed by atoms with Crippen molar-refractivity contribution in [1.29, 1.82) is 0 Å². The zero-order valence-electron chi connectivity index (χ0n) is 11.9. The lowest BCUT2D eigenvalue weighted by atomic mass is 10.1. The van der Waals surface area contributed by atoms with Gasteiger partial charge >= 0.3 is 0 Å². The van der Waals surface area contributed by atoms with Gasteiger partial charge in [0.25, 0.3) is 0 Å². The zero-order chi connectivity index (χ0) is 14.3. The van der Waals surface area contributed by atoms with Gasteiger partial charge in [-0.05, 0) is 31.2 Å². The second-order valence-corrected chi connectivity index (χ2v) is 4.69. The molecule has 0 bridgehead atoms. The summed E-state index contributed by atoms with van der Waals surface area (Å²) in [6, 6.07) is 6.40. The van der Waals surface area contributed by atoms with Gasteiger partial charge in [0.1, 0.15) is 5.82 Å². The molecule has 1 atom stereocenters. The van der Waals surface area contributed by atoms with Crippen LogP contribution in [-0.2, 0) is 11.3 Å². The first-order chi connectivity index (χ1) is 9.08. The molecule has 0 heterocycles. The molecule has 1 unspecified atom stereocenters. The Kier molecular flexibility index (Phi) is 6.50. The van der Waals surface area contributed by atoms with Crippen LogP contribution in [0.25, 0.3) is 0 Å². The summed E-state index contributed by atoms with van der Waals surface area (Å²) >= 11 is 0. The van der Waals surface area contributed by atoms with Gasteiger partial charge in [0.05, 0.1) is 0 Å². The van der Waals surface area contributed by atoms with Gasteiger partial charge in [0, 0.05) is 25.6 Å². The molecule has 0 spiro atoms. The van der Waals surface area contributed by atoms with E-state index in [0.717, 1.165) is 12.1 Å². The Hall–Kier alpha value is -1.42. The minimum absolute atomic E-state index is 0.0616. The smallest absolute Gasteiger partial charge is 0.226 e. The average molecular weight is 266 g/mol. The standard InChI is InChI=1S/C15H23FN2O/c1-4-17-10-12(3)15(19)18(5-2)11-13-7-6-8-14(16)9-13/h6-9,12,17H,4-5,10-11H2,1-3H3. The van der Waals surface area contributed by atoms with E-state index >= 15 is 0 Å². The maximum Gasteiger partial charge on any atom is 0.226 e. The average Bonchev–Trinajstić information content (AvgIpc) is 2.41. The largest absolute Gasteiger partial charge is 0.338 e. The molecule has 1 amide bonds. The van der Waals surface area contributed by atoms with E-state index in [0.29, 0.717) is 19.6 Å². The Balaban J connectivity index is 2.64. The number of rotatable bonds is 7. The van der Waals surface area contributed by atoms with Crippen LogP contribution in [0.4, 0.5) is 4.39 Å². The lowest BCUT2D eigenvalue weighted by molar-refractivity contribution is -0.135. The highest BCUT2D eigenvalue weighted by atomic mass is 19.1. The number of hydrogen-bond donors (Lipinski definition) is 1. The molecule has 0 aromatic heterocycles. The molecule has 4 heteroatoms. The number of hydrogen-bond acceptors (Lipinski definition) is 2. The van der Waals surface area contributed by atoms with Gasteiger partial charge in [-0.3, -0.25) is 4.79 Å². The van der Waals surface area contributed by atoms with Gasteiger partial charge in [-0.1, -0.05) is 26.0 Å². The first-order valence-corrected chi connectivity index (χ1v) is 6.82. The lowest BCUT2D eigenvalue weighted by Gasteiger charge is -2.24. The fraction of sp³-hybridized carbons (Fsp3) is 0.533. The van der Waals surface area contributed by atoms with Gasteiger partial charge in [0.2, 0.25) is 5.91 Å². The van der Waals surface area contributed by atoms with Crippen molar-refractivity contribution in [3.05, 3.63) is 35.6 Å².